The van der Waals surface area contributed by atoms with Crippen molar-refractivity contribution in [3.8, 4) is 5.75 Å². The van der Waals surface area contributed by atoms with Crippen molar-refractivity contribution in [1.29, 1.82) is 0 Å². The van der Waals surface area contributed by atoms with Crippen LogP contribution in [0, 0.1) is 10.1 Å². The van der Waals surface area contributed by atoms with Gasteiger partial charge in [-0.2, -0.15) is 0 Å². The first-order chi connectivity index (χ1) is 6.68. The van der Waals surface area contributed by atoms with Crippen molar-refractivity contribution in [2.24, 2.45) is 0 Å². The van der Waals surface area contributed by atoms with E-state index in [0.717, 1.165) is 0 Å². The molecule has 1 unspecified atom stereocenters. The number of hydrogen-bond donors (Lipinski definition) is 1. The largest absolute Gasteiger partial charge is 0.489 e. The Labute approximate surface area is 80.8 Å². The Morgan fingerprint density at radius 3 is 3.14 bits per heavy atom. The van der Waals surface area contributed by atoms with Gasteiger partial charge in [0.2, 0.25) is 0 Å². The Morgan fingerprint density at radius 2 is 2.43 bits per heavy atom. The smallest absolute Gasteiger partial charge is 0.296 e. The van der Waals surface area contributed by atoms with E-state index in [0.29, 0.717) is 18.0 Å². The van der Waals surface area contributed by atoms with Gasteiger partial charge in [0.1, 0.15) is 12.4 Å². The number of nitro benzene ring substituents is 1. The average Bonchev–Trinajstić information content (AvgIpc) is 2.16. The number of rotatable bonds is 1. The highest BCUT2D eigenvalue weighted by molar-refractivity contribution is 5.71. The van der Waals surface area contributed by atoms with Crippen LogP contribution in [0.4, 0.5) is 11.4 Å². The number of ether oxygens (including phenoxy) is 1. The van der Waals surface area contributed by atoms with Crippen molar-refractivity contribution in [2.45, 2.75) is 13.0 Å². The van der Waals surface area contributed by atoms with Crippen molar-refractivity contribution < 1.29 is 9.66 Å². The quantitative estimate of drug-likeness (QED) is 0.546. The summed E-state index contributed by atoms with van der Waals surface area (Å²) in [5, 5.41) is 13.7. The third-order valence-electron chi connectivity index (χ3n) is 2.08. The first-order valence-electron chi connectivity index (χ1n) is 4.35. The highest BCUT2D eigenvalue weighted by atomic mass is 16.6. The summed E-state index contributed by atoms with van der Waals surface area (Å²) in [6.07, 6.45) is 0. The van der Waals surface area contributed by atoms with E-state index in [1.807, 2.05) is 6.92 Å². The van der Waals surface area contributed by atoms with Crippen LogP contribution in [0.5, 0.6) is 5.75 Å². The van der Waals surface area contributed by atoms with E-state index in [-0.39, 0.29) is 11.7 Å². The van der Waals surface area contributed by atoms with Gasteiger partial charge >= 0.3 is 0 Å². The fourth-order valence-corrected chi connectivity index (χ4v) is 1.44. The molecule has 5 nitrogen and oxygen atoms in total. The van der Waals surface area contributed by atoms with Gasteiger partial charge in [-0.05, 0) is 13.0 Å². The zero-order valence-electron chi connectivity index (χ0n) is 7.69. The number of fused-ring (bicyclic) bond motifs is 1. The molecule has 0 bridgehead atoms. The Bertz CT molecular complexity index is 378. The number of nitro groups is 1. The lowest BCUT2D eigenvalue weighted by molar-refractivity contribution is -0.384. The predicted octanol–water partition coefficient (Wildman–Crippen LogP) is 1.79. The van der Waals surface area contributed by atoms with Gasteiger partial charge in [0, 0.05) is 6.07 Å². The van der Waals surface area contributed by atoms with Gasteiger partial charge in [-0.1, -0.05) is 6.07 Å². The third kappa shape index (κ3) is 1.37. The third-order valence-corrected chi connectivity index (χ3v) is 2.08. The maximum Gasteiger partial charge on any atom is 0.296 e. The second kappa shape index (κ2) is 3.17. The van der Waals surface area contributed by atoms with Crippen LogP contribution in [0.3, 0.4) is 0 Å². The van der Waals surface area contributed by atoms with Gasteiger partial charge in [0.15, 0.2) is 5.69 Å². The number of para-hydroxylation sites is 1. The summed E-state index contributed by atoms with van der Waals surface area (Å²) < 4.78 is 5.36. The normalized spacial score (nSPS) is 19.1. The maximum absolute atomic E-state index is 10.7. The van der Waals surface area contributed by atoms with E-state index >= 15 is 0 Å². The van der Waals surface area contributed by atoms with Gasteiger partial charge in [0.05, 0.1) is 11.0 Å². The monoisotopic (exact) mass is 194 g/mol. The lowest BCUT2D eigenvalue weighted by Crippen LogP contribution is -2.28. The summed E-state index contributed by atoms with van der Waals surface area (Å²) in [6.45, 7) is 2.45. The molecule has 0 spiro atoms. The number of nitrogens with one attached hydrogen (secondary N) is 1. The van der Waals surface area contributed by atoms with Crippen LogP contribution in [0.15, 0.2) is 18.2 Å². The Hall–Kier alpha value is -1.78. The molecule has 0 amide bonds. The second-order valence-corrected chi connectivity index (χ2v) is 3.26. The van der Waals surface area contributed by atoms with Crippen LogP contribution in [0.25, 0.3) is 0 Å². The molecule has 0 saturated carbocycles. The molecule has 0 fully saturated rings. The SMILES string of the molecule is CC1COc2cccc([N+](=O)[O-])c2N1. The van der Waals surface area contributed by atoms with Gasteiger partial charge in [-0.15, -0.1) is 0 Å². The Morgan fingerprint density at radius 1 is 1.64 bits per heavy atom. The molecule has 0 aliphatic carbocycles. The van der Waals surface area contributed by atoms with E-state index in [9.17, 15) is 10.1 Å². The molecule has 0 saturated heterocycles. The molecule has 1 aliphatic rings. The van der Waals surface area contributed by atoms with Crippen LogP contribution in [-0.4, -0.2) is 17.6 Å². The minimum absolute atomic E-state index is 0.0639. The highest BCUT2D eigenvalue weighted by Gasteiger charge is 2.23. The van der Waals surface area contributed by atoms with Crippen molar-refractivity contribution in [2.75, 3.05) is 11.9 Å². The fraction of sp³-hybridized carbons (Fsp3) is 0.333. The summed E-state index contributed by atoms with van der Waals surface area (Å²) in [5.41, 5.74) is 0.547. The lowest BCUT2D eigenvalue weighted by atomic mass is 10.2. The average molecular weight is 194 g/mol. The molecule has 14 heavy (non-hydrogen) atoms. The molecule has 0 aromatic heterocycles. The summed E-state index contributed by atoms with van der Waals surface area (Å²) in [6, 6.07) is 4.91. The van der Waals surface area contributed by atoms with Crippen molar-refractivity contribution in [3.05, 3.63) is 28.3 Å². The van der Waals surface area contributed by atoms with Crippen LogP contribution >= 0.6 is 0 Å². The number of benzene rings is 1. The molecular formula is C9H10N2O3. The van der Waals surface area contributed by atoms with Gasteiger partial charge in [-0.3, -0.25) is 10.1 Å². The summed E-state index contributed by atoms with van der Waals surface area (Å²) in [5.74, 6) is 0.553. The molecule has 0 radical (unpaired) electrons. The standard InChI is InChI=1S/C9H10N2O3/c1-6-5-14-8-4-2-3-7(11(12)13)9(8)10-6/h2-4,6,10H,5H2,1H3. The van der Waals surface area contributed by atoms with Gasteiger partial charge in [0.25, 0.3) is 5.69 Å². The summed E-state index contributed by atoms with van der Waals surface area (Å²) in [4.78, 5) is 10.3. The van der Waals surface area contributed by atoms with Gasteiger partial charge in [-0.25, -0.2) is 0 Å². The Balaban J connectivity index is 2.48. The second-order valence-electron chi connectivity index (χ2n) is 3.26. The molecule has 74 valence electrons. The van der Waals surface area contributed by atoms with Crippen LogP contribution in [0.2, 0.25) is 0 Å². The molecule has 1 heterocycles. The van der Waals surface area contributed by atoms with Crippen molar-refractivity contribution >= 4 is 11.4 Å². The molecular weight excluding hydrogens is 184 g/mol. The van der Waals surface area contributed by atoms with Crippen LogP contribution in [0.1, 0.15) is 6.92 Å². The highest BCUT2D eigenvalue weighted by Crippen LogP contribution is 2.36. The number of anilines is 1. The fourth-order valence-electron chi connectivity index (χ4n) is 1.44. The topological polar surface area (TPSA) is 64.4 Å². The van der Waals surface area contributed by atoms with E-state index in [4.69, 9.17) is 4.74 Å². The van der Waals surface area contributed by atoms with E-state index in [2.05, 4.69) is 5.32 Å². The molecule has 5 heteroatoms. The first-order valence-corrected chi connectivity index (χ1v) is 4.35. The minimum atomic E-state index is -0.409. The number of hydrogen-bond acceptors (Lipinski definition) is 4. The molecule has 1 aromatic carbocycles. The molecule has 2 rings (SSSR count). The van der Waals surface area contributed by atoms with E-state index in [1.54, 1.807) is 12.1 Å². The minimum Gasteiger partial charge on any atom is -0.489 e. The zero-order chi connectivity index (χ0) is 10.1. The molecule has 1 atom stereocenters. The molecule has 1 aromatic rings. The predicted molar refractivity (Wildman–Crippen MR) is 51.7 cm³/mol. The van der Waals surface area contributed by atoms with Crippen molar-refractivity contribution in [3.63, 3.8) is 0 Å². The van der Waals surface area contributed by atoms with E-state index in [1.165, 1.54) is 6.07 Å². The molecule has 1 N–H and O–H groups in total. The first kappa shape index (κ1) is 8.80. The number of nitrogens with zero attached hydrogens (tertiary/aromatic N) is 1. The summed E-state index contributed by atoms with van der Waals surface area (Å²) in [7, 11) is 0. The summed E-state index contributed by atoms with van der Waals surface area (Å²) >= 11 is 0. The van der Waals surface area contributed by atoms with Crippen LogP contribution < -0.4 is 10.1 Å². The maximum atomic E-state index is 10.7. The zero-order valence-corrected chi connectivity index (χ0v) is 7.69. The Kier molecular flexibility index (Phi) is 1.99. The van der Waals surface area contributed by atoms with Gasteiger partial charge < -0.3 is 10.1 Å². The van der Waals surface area contributed by atoms with Crippen LogP contribution in [-0.2, 0) is 0 Å². The van der Waals surface area contributed by atoms with Crippen molar-refractivity contribution in [1.82, 2.24) is 0 Å². The van der Waals surface area contributed by atoms with E-state index < -0.39 is 4.92 Å². The molecule has 1 aliphatic heterocycles. The lowest BCUT2D eigenvalue weighted by Gasteiger charge is -2.24.